The summed E-state index contributed by atoms with van der Waals surface area (Å²) in [5.74, 6) is -1.04. The van der Waals surface area contributed by atoms with Gasteiger partial charge in [-0.15, -0.1) is 11.3 Å². The predicted octanol–water partition coefficient (Wildman–Crippen LogP) is 1.32. The maximum Gasteiger partial charge on any atom is 0.350 e. The molecule has 1 atom stereocenters. The molecule has 0 unspecified atom stereocenters. The fraction of sp³-hybridized carbons (Fsp3) is 0.412. The summed E-state index contributed by atoms with van der Waals surface area (Å²) in [6.07, 6.45) is 2.04. The SMILES string of the molecule is Cc1nc(-c2ccccn2)sc1C(=O)OCC(=O)N(C)[C@@H]1CCS(=O)(=O)C1. The van der Waals surface area contributed by atoms with Gasteiger partial charge in [-0.25, -0.2) is 18.2 Å². The largest absolute Gasteiger partial charge is 0.451 e. The molecule has 3 heterocycles. The molecule has 2 aromatic rings. The number of hydrogen-bond donors (Lipinski definition) is 0. The number of ether oxygens (including phenoxy) is 1. The van der Waals surface area contributed by atoms with E-state index in [0.717, 1.165) is 11.3 Å². The van der Waals surface area contributed by atoms with Crippen LogP contribution in [0.1, 0.15) is 21.8 Å². The van der Waals surface area contributed by atoms with Gasteiger partial charge in [-0.1, -0.05) is 6.07 Å². The fourth-order valence-electron chi connectivity index (χ4n) is 2.76. The first-order valence-electron chi connectivity index (χ1n) is 8.29. The molecule has 10 heteroatoms. The lowest BCUT2D eigenvalue weighted by Gasteiger charge is -2.23. The highest BCUT2D eigenvalue weighted by Crippen LogP contribution is 2.27. The summed E-state index contributed by atoms with van der Waals surface area (Å²) < 4.78 is 28.2. The molecular weight excluding hydrogens is 390 g/mol. The van der Waals surface area contributed by atoms with E-state index in [1.807, 2.05) is 6.07 Å². The van der Waals surface area contributed by atoms with E-state index in [0.29, 0.717) is 27.7 Å². The summed E-state index contributed by atoms with van der Waals surface area (Å²) in [6, 6.07) is 5.04. The summed E-state index contributed by atoms with van der Waals surface area (Å²) in [5.41, 5.74) is 1.16. The number of carbonyl (C=O) groups is 2. The highest BCUT2D eigenvalue weighted by molar-refractivity contribution is 7.91. The van der Waals surface area contributed by atoms with Gasteiger partial charge in [0.25, 0.3) is 5.91 Å². The minimum absolute atomic E-state index is 0.0510. The van der Waals surface area contributed by atoms with Crippen molar-refractivity contribution in [3.05, 3.63) is 35.0 Å². The Morgan fingerprint density at radius 3 is 2.78 bits per heavy atom. The Kier molecular flexibility index (Phi) is 5.56. The molecule has 2 aromatic heterocycles. The summed E-state index contributed by atoms with van der Waals surface area (Å²) >= 11 is 1.15. The van der Waals surface area contributed by atoms with Crippen LogP contribution in [-0.2, 0) is 19.4 Å². The second kappa shape index (κ2) is 7.73. The number of carbonyl (C=O) groups excluding carboxylic acids is 2. The van der Waals surface area contributed by atoms with E-state index in [1.165, 1.54) is 11.9 Å². The quantitative estimate of drug-likeness (QED) is 0.686. The second-order valence-corrected chi connectivity index (χ2v) is 9.51. The van der Waals surface area contributed by atoms with Crippen molar-refractivity contribution >= 4 is 33.1 Å². The molecule has 1 aliphatic rings. The number of esters is 1. The molecule has 0 radical (unpaired) electrons. The number of amides is 1. The van der Waals surface area contributed by atoms with Gasteiger partial charge in [-0.05, 0) is 25.5 Å². The minimum atomic E-state index is -3.09. The number of thiazole rings is 1. The van der Waals surface area contributed by atoms with Crippen LogP contribution in [0.4, 0.5) is 0 Å². The van der Waals surface area contributed by atoms with Crippen molar-refractivity contribution in [1.82, 2.24) is 14.9 Å². The lowest BCUT2D eigenvalue weighted by molar-refractivity contribution is -0.134. The van der Waals surface area contributed by atoms with Gasteiger partial charge in [0.05, 0.1) is 22.9 Å². The Bertz CT molecular complexity index is 956. The molecule has 3 rings (SSSR count). The Morgan fingerprint density at radius 1 is 1.37 bits per heavy atom. The van der Waals surface area contributed by atoms with Gasteiger partial charge in [0.2, 0.25) is 0 Å². The van der Waals surface area contributed by atoms with Crippen molar-refractivity contribution < 1.29 is 22.7 Å². The second-order valence-electron chi connectivity index (χ2n) is 6.29. The monoisotopic (exact) mass is 409 g/mol. The van der Waals surface area contributed by atoms with Gasteiger partial charge in [0.15, 0.2) is 16.4 Å². The summed E-state index contributed by atoms with van der Waals surface area (Å²) in [5, 5.41) is 0.597. The number of pyridine rings is 1. The molecule has 0 saturated carbocycles. The van der Waals surface area contributed by atoms with Crippen molar-refractivity contribution in [2.24, 2.45) is 0 Å². The van der Waals surface area contributed by atoms with E-state index in [-0.39, 0.29) is 17.5 Å². The lowest BCUT2D eigenvalue weighted by atomic mass is 10.2. The van der Waals surface area contributed by atoms with Gasteiger partial charge in [-0.3, -0.25) is 9.78 Å². The van der Waals surface area contributed by atoms with Crippen LogP contribution in [0.2, 0.25) is 0 Å². The van der Waals surface area contributed by atoms with Crippen molar-refractivity contribution in [3.8, 4) is 10.7 Å². The normalized spacial score (nSPS) is 18.2. The zero-order chi connectivity index (χ0) is 19.6. The molecule has 8 nitrogen and oxygen atoms in total. The highest BCUT2D eigenvalue weighted by atomic mass is 32.2. The number of aromatic nitrogens is 2. The number of hydrogen-bond acceptors (Lipinski definition) is 8. The van der Waals surface area contributed by atoms with Gasteiger partial charge < -0.3 is 9.64 Å². The molecule has 0 aromatic carbocycles. The van der Waals surface area contributed by atoms with Crippen molar-refractivity contribution in [1.29, 1.82) is 0 Å². The molecule has 0 aliphatic carbocycles. The number of nitrogens with zero attached hydrogens (tertiary/aromatic N) is 3. The van der Waals surface area contributed by atoms with E-state index >= 15 is 0 Å². The third-order valence-electron chi connectivity index (χ3n) is 4.34. The number of sulfone groups is 1. The molecule has 1 fully saturated rings. The van der Waals surface area contributed by atoms with Gasteiger partial charge in [-0.2, -0.15) is 0 Å². The molecule has 0 N–H and O–H groups in total. The zero-order valence-electron chi connectivity index (χ0n) is 14.9. The van der Waals surface area contributed by atoms with Crippen molar-refractivity contribution in [2.45, 2.75) is 19.4 Å². The maximum atomic E-state index is 12.3. The van der Waals surface area contributed by atoms with Crippen molar-refractivity contribution in [3.63, 3.8) is 0 Å². The molecular formula is C17H19N3O5S2. The molecule has 0 spiro atoms. The van der Waals surface area contributed by atoms with Crippen LogP contribution in [0.15, 0.2) is 24.4 Å². The Morgan fingerprint density at radius 2 is 2.15 bits per heavy atom. The zero-order valence-corrected chi connectivity index (χ0v) is 16.5. The van der Waals surface area contributed by atoms with Gasteiger partial charge in [0, 0.05) is 19.3 Å². The topological polar surface area (TPSA) is 107 Å². The summed E-state index contributed by atoms with van der Waals surface area (Å²) in [7, 11) is -1.57. The Hall–Kier alpha value is -2.33. The first-order chi connectivity index (χ1) is 12.8. The van der Waals surface area contributed by atoms with E-state index in [9.17, 15) is 18.0 Å². The summed E-state index contributed by atoms with van der Waals surface area (Å²) in [6.45, 7) is 1.25. The van der Waals surface area contributed by atoms with E-state index in [1.54, 1.807) is 25.3 Å². The molecule has 27 heavy (non-hydrogen) atoms. The lowest BCUT2D eigenvalue weighted by Crippen LogP contribution is -2.40. The number of likely N-dealkylation sites (N-methyl/N-ethyl adjacent to an activating group) is 1. The minimum Gasteiger partial charge on any atom is -0.451 e. The van der Waals surface area contributed by atoms with Crippen LogP contribution >= 0.6 is 11.3 Å². The molecule has 1 amide bonds. The molecule has 0 bridgehead atoms. The van der Waals surface area contributed by atoms with Crippen LogP contribution in [0.3, 0.4) is 0 Å². The standard InChI is InChI=1S/C17H19N3O5S2/c1-11-15(26-16(19-11)13-5-3-4-7-18-13)17(22)25-9-14(21)20(2)12-6-8-27(23,24)10-12/h3-5,7,12H,6,8-10H2,1-2H3/t12-/m1/s1. The average Bonchev–Trinajstić information content (AvgIpc) is 3.21. The van der Waals surface area contributed by atoms with E-state index < -0.39 is 28.3 Å². The van der Waals surface area contributed by atoms with Crippen LogP contribution < -0.4 is 0 Å². The summed E-state index contributed by atoms with van der Waals surface area (Å²) in [4.78, 5) is 34.7. The maximum absolute atomic E-state index is 12.3. The van der Waals surface area contributed by atoms with Crippen LogP contribution in [0, 0.1) is 6.92 Å². The van der Waals surface area contributed by atoms with E-state index in [4.69, 9.17) is 4.74 Å². The smallest absolute Gasteiger partial charge is 0.350 e. The first-order valence-corrected chi connectivity index (χ1v) is 10.9. The van der Waals surface area contributed by atoms with Crippen LogP contribution in [0.25, 0.3) is 10.7 Å². The fourth-order valence-corrected chi connectivity index (χ4v) is 5.47. The van der Waals surface area contributed by atoms with Gasteiger partial charge in [0.1, 0.15) is 9.88 Å². The third-order valence-corrected chi connectivity index (χ3v) is 7.25. The third kappa shape index (κ3) is 4.51. The molecule has 1 aliphatic heterocycles. The highest BCUT2D eigenvalue weighted by Gasteiger charge is 2.33. The first kappa shape index (κ1) is 19.4. The average molecular weight is 409 g/mol. The number of aryl methyl sites for hydroxylation is 1. The molecule has 1 saturated heterocycles. The Balaban J connectivity index is 1.61. The number of rotatable bonds is 5. The Labute approximate surface area is 161 Å². The van der Waals surface area contributed by atoms with Crippen LogP contribution in [-0.4, -0.2) is 66.4 Å². The van der Waals surface area contributed by atoms with Gasteiger partial charge >= 0.3 is 5.97 Å². The molecule has 144 valence electrons. The van der Waals surface area contributed by atoms with Crippen LogP contribution in [0.5, 0.6) is 0 Å². The van der Waals surface area contributed by atoms with Crippen molar-refractivity contribution in [2.75, 3.05) is 25.2 Å². The predicted molar refractivity (Wildman–Crippen MR) is 100 cm³/mol. The van der Waals surface area contributed by atoms with E-state index in [2.05, 4.69) is 9.97 Å².